The third kappa shape index (κ3) is 2.28. The Labute approximate surface area is 194 Å². The summed E-state index contributed by atoms with van der Waals surface area (Å²) >= 11 is 0. The molecule has 4 atom stereocenters. The molecule has 1 heterocycles. The van der Waals surface area contributed by atoms with E-state index in [0.29, 0.717) is 0 Å². The van der Waals surface area contributed by atoms with Crippen molar-refractivity contribution in [2.24, 2.45) is 17.8 Å². The fourth-order valence-corrected chi connectivity index (χ4v) is 8.29. The van der Waals surface area contributed by atoms with Gasteiger partial charge in [0.2, 0.25) is 0 Å². The molecule has 3 aliphatic rings. The number of H-pyrrole nitrogens is 1. The van der Waals surface area contributed by atoms with Crippen LogP contribution in [0, 0.1) is 17.8 Å². The summed E-state index contributed by atoms with van der Waals surface area (Å²) in [5.41, 5.74) is 8.91. The highest BCUT2D eigenvalue weighted by molar-refractivity contribution is 6.21. The summed E-state index contributed by atoms with van der Waals surface area (Å²) in [5, 5.41) is 5.48. The highest BCUT2D eigenvalue weighted by Crippen LogP contribution is 2.63. The van der Waals surface area contributed by atoms with Gasteiger partial charge in [-0.3, -0.25) is 0 Å². The largest absolute Gasteiger partial charge is 0.354 e. The average molecular weight is 428 g/mol. The standard InChI is InChI=1S/C32H29N/c1-19-14-20-12-13-32(22(15-19)16-20)27-9-5-4-8-24(27)25-18-30-26(17-28(25)32)31-23-7-3-2-6-21(23)10-11-29(31)33-30/h2-11,17-20,22,33H,12-16H2,1H3. The summed E-state index contributed by atoms with van der Waals surface area (Å²) in [4.78, 5) is 3.77. The number of rotatable bonds is 0. The minimum atomic E-state index is 0.194. The molecule has 0 amide bonds. The fourth-order valence-electron chi connectivity index (χ4n) is 8.29. The van der Waals surface area contributed by atoms with E-state index in [1.807, 2.05) is 0 Å². The van der Waals surface area contributed by atoms with Gasteiger partial charge in [-0.15, -0.1) is 0 Å². The molecule has 33 heavy (non-hydrogen) atoms. The molecule has 1 heteroatoms. The van der Waals surface area contributed by atoms with Gasteiger partial charge >= 0.3 is 0 Å². The second-order valence-electron chi connectivity index (χ2n) is 11.2. The normalized spacial score (nSPS) is 28.0. The molecule has 0 aliphatic heterocycles. The molecule has 4 unspecified atom stereocenters. The van der Waals surface area contributed by atoms with Crippen LogP contribution < -0.4 is 0 Å². The molecule has 162 valence electrons. The maximum Gasteiger partial charge on any atom is 0.0471 e. The van der Waals surface area contributed by atoms with Gasteiger partial charge in [0, 0.05) is 27.2 Å². The molecule has 2 bridgehead atoms. The van der Waals surface area contributed by atoms with Crippen LogP contribution in [0.25, 0.3) is 43.7 Å². The van der Waals surface area contributed by atoms with Gasteiger partial charge in [-0.05, 0) is 101 Å². The van der Waals surface area contributed by atoms with Crippen LogP contribution in [0.3, 0.4) is 0 Å². The summed E-state index contributed by atoms with van der Waals surface area (Å²) in [5.74, 6) is 2.55. The second kappa shape index (κ2) is 6.29. The number of fused-ring (bicyclic) bond motifs is 13. The Kier molecular flexibility index (Phi) is 3.50. The van der Waals surface area contributed by atoms with E-state index in [4.69, 9.17) is 0 Å². The molecule has 0 saturated heterocycles. The summed E-state index contributed by atoms with van der Waals surface area (Å²) in [7, 11) is 0. The van der Waals surface area contributed by atoms with E-state index in [2.05, 4.69) is 84.7 Å². The van der Waals surface area contributed by atoms with Gasteiger partial charge in [0.1, 0.15) is 0 Å². The van der Waals surface area contributed by atoms with E-state index in [0.717, 1.165) is 17.8 Å². The molecular formula is C32H29N. The zero-order valence-electron chi connectivity index (χ0n) is 19.2. The lowest BCUT2D eigenvalue weighted by Crippen LogP contribution is -2.44. The highest BCUT2D eigenvalue weighted by Gasteiger charge is 2.53. The minimum Gasteiger partial charge on any atom is -0.354 e. The molecule has 3 aliphatic carbocycles. The first-order valence-electron chi connectivity index (χ1n) is 12.8. The maximum atomic E-state index is 3.77. The zero-order chi connectivity index (χ0) is 21.7. The van der Waals surface area contributed by atoms with Crippen molar-refractivity contribution >= 4 is 32.6 Å². The van der Waals surface area contributed by atoms with Crippen molar-refractivity contribution in [2.45, 2.75) is 44.4 Å². The molecule has 4 aromatic carbocycles. The van der Waals surface area contributed by atoms with Gasteiger partial charge in [0.25, 0.3) is 0 Å². The van der Waals surface area contributed by atoms with Crippen LogP contribution in [0.5, 0.6) is 0 Å². The molecule has 5 aromatic rings. The summed E-state index contributed by atoms with van der Waals surface area (Å²) in [6.45, 7) is 2.49. The van der Waals surface area contributed by atoms with E-state index in [-0.39, 0.29) is 5.41 Å². The van der Waals surface area contributed by atoms with Crippen molar-refractivity contribution < 1.29 is 0 Å². The van der Waals surface area contributed by atoms with Gasteiger partial charge in [-0.2, -0.15) is 0 Å². The van der Waals surface area contributed by atoms with Gasteiger partial charge < -0.3 is 4.98 Å². The van der Waals surface area contributed by atoms with E-state index in [1.54, 1.807) is 11.1 Å². The average Bonchev–Trinajstić information content (AvgIpc) is 3.34. The quantitative estimate of drug-likeness (QED) is 0.255. The molecular weight excluding hydrogens is 398 g/mol. The molecule has 8 rings (SSSR count). The lowest BCUT2D eigenvalue weighted by Gasteiger charge is -2.50. The SMILES string of the molecule is CC1CC2CCC3(c4ccccc4-c4cc5[nH]c6ccc7ccccc7c6c5cc43)C(C1)C2. The molecule has 1 nitrogen and oxygen atoms in total. The third-order valence-corrected chi connectivity index (χ3v) is 9.49. The molecule has 2 fully saturated rings. The van der Waals surface area contributed by atoms with Crippen LogP contribution >= 0.6 is 0 Å². The van der Waals surface area contributed by atoms with Crippen LogP contribution in [0.4, 0.5) is 0 Å². The first-order valence-corrected chi connectivity index (χ1v) is 12.8. The van der Waals surface area contributed by atoms with Gasteiger partial charge in [-0.1, -0.05) is 61.5 Å². The number of hydrogen-bond donors (Lipinski definition) is 1. The molecule has 1 aromatic heterocycles. The van der Waals surface area contributed by atoms with Crippen LogP contribution in [-0.4, -0.2) is 4.98 Å². The second-order valence-corrected chi connectivity index (χ2v) is 11.2. The number of aromatic nitrogens is 1. The van der Waals surface area contributed by atoms with Crippen molar-refractivity contribution in [2.75, 3.05) is 0 Å². The topological polar surface area (TPSA) is 15.8 Å². The Hall–Kier alpha value is -3.06. The van der Waals surface area contributed by atoms with Crippen LogP contribution in [0.1, 0.15) is 50.2 Å². The third-order valence-electron chi connectivity index (χ3n) is 9.49. The van der Waals surface area contributed by atoms with Gasteiger partial charge in [-0.25, -0.2) is 0 Å². The van der Waals surface area contributed by atoms with Crippen molar-refractivity contribution in [3.63, 3.8) is 0 Å². The Morgan fingerprint density at radius 1 is 0.758 bits per heavy atom. The minimum absolute atomic E-state index is 0.194. The number of aromatic amines is 1. The summed E-state index contributed by atoms with van der Waals surface area (Å²) in [6, 6.07) is 27.8. The van der Waals surface area contributed by atoms with Crippen molar-refractivity contribution in [1.29, 1.82) is 0 Å². The summed E-state index contributed by atoms with van der Waals surface area (Å²) < 4.78 is 0. The number of benzene rings is 4. The van der Waals surface area contributed by atoms with Gasteiger partial charge in [0.15, 0.2) is 0 Å². The maximum absolute atomic E-state index is 3.77. The number of nitrogens with one attached hydrogen (secondary N) is 1. The lowest BCUT2D eigenvalue weighted by molar-refractivity contribution is 0.0856. The van der Waals surface area contributed by atoms with Crippen LogP contribution in [-0.2, 0) is 5.41 Å². The monoisotopic (exact) mass is 427 g/mol. The highest BCUT2D eigenvalue weighted by atomic mass is 14.7. The van der Waals surface area contributed by atoms with E-state index in [1.165, 1.54) is 75.8 Å². The fraction of sp³-hybridized carbons (Fsp3) is 0.312. The first kappa shape index (κ1) is 18.4. The Morgan fingerprint density at radius 3 is 2.61 bits per heavy atom. The van der Waals surface area contributed by atoms with Crippen molar-refractivity contribution in [3.05, 3.63) is 83.9 Å². The molecule has 0 radical (unpaired) electrons. The molecule has 2 saturated carbocycles. The van der Waals surface area contributed by atoms with Gasteiger partial charge in [0.05, 0.1) is 0 Å². The first-order chi connectivity index (χ1) is 16.2. The number of hydrogen-bond acceptors (Lipinski definition) is 0. The molecule has 1 N–H and O–H groups in total. The predicted molar refractivity (Wildman–Crippen MR) is 139 cm³/mol. The smallest absolute Gasteiger partial charge is 0.0471 e. The zero-order valence-corrected chi connectivity index (χ0v) is 19.2. The van der Waals surface area contributed by atoms with Crippen molar-refractivity contribution in [1.82, 2.24) is 4.98 Å². The molecule has 1 spiro atoms. The predicted octanol–water partition coefficient (Wildman–Crippen LogP) is 8.59. The lowest BCUT2D eigenvalue weighted by atomic mass is 9.53. The van der Waals surface area contributed by atoms with Crippen LogP contribution in [0.2, 0.25) is 0 Å². The Balaban J connectivity index is 1.48. The van der Waals surface area contributed by atoms with E-state index < -0.39 is 0 Å². The Bertz CT molecular complexity index is 1590. The van der Waals surface area contributed by atoms with E-state index >= 15 is 0 Å². The van der Waals surface area contributed by atoms with E-state index in [9.17, 15) is 0 Å². The summed E-state index contributed by atoms with van der Waals surface area (Å²) in [6.07, 6.45) is 6.91. The van der Waals surface area contributed by atoms with Crippen molar-refractivity contribution in [3.8, 4) is 11.1 Å². The van der Waals surface area contributed by atoms with Crippen LogP contribution in [0.15, 0.2) is 72.8 Å². The Morgan fingerprint density at radius 2 is 1.64 bits per heavy atom.